The van der Waals surface area contributed by atoms with Crippen molar-refractivity contribution in [2.75, 3.05) is 11.1 Å². The summed E-state index contributed by atoms with van der Waals surface area (Å²) >= 11 is 1.57. The molecule has 1 unspecified atom stereocenters. The van der Waals surface area contributed by atoms with E-state index in [2.05, 4.69) is 11.4 Å². The highest BCUT2D eigenvalue weighted by molar-refractivity contribution is 8.00. The van der Waals surface area contributed by atoms with Crippen LogP contribution in [0.15, 0.2) is 60.7 Å². The monoisotopic (exact) mass is 339 g/mol. The summed E-state index contributed by atoms with van der Waals surface area (Å²) < 4.78 is 0. The maximum absolute atomic E-state index is 12.2. The van der Waals surface area contributed by atoms with Gasteiger partial charge in [-0.15, -0.1) is 11.8 Å². The molecule has 0 aliphatic carbocycles. The number of anilines is 1. The first-order valence-electron chi connectivity index (χ1n) is 7.81. The van der Waals surface area contributed by atoms with Gasteiger partial charge in [0.2, 0.25) is 5.91 Å². The minimum absolute atomic E-state index is 0.0143. The first kappa shape index (κ1) is 18.0. The van der Waals surface area contributed by atoms with Crippen LogP contribution >= 0.6 is 11.8 Å². The van der Waals surface area contributed by atoms with Gasteiger partial charge in [-0.2, -0.15) is 0 Å². The van der Waals surface area contributed by atoms with Crippen LogP contribution in [0.2, 0.25) is 0 Å². The first-order chi connectivity index (χ1) is 11.6. The Labute approximate surface area is 147 Å². The van der Waals surface area contributed by atoms with Gasteiger partial charge in [-0.3, -0.25) is 9.59 Å². The molecule has 0 saturated carbocycles. The zero-order valence-electron chi connectivity index (χ0n) is 13.9. The van der Waals surface area contributed by atoms with E-state index >= 15 is 0 Å². The lowest BCUT2D eigenvalue weighted by Gasteiger charge is -2.11. The predicted octanol–water partition coefficient (Wildman–Crippen LogP) is 4.66. The number of carbonyl (C=O) groups is 2. The van der Waals surface area contributed by atoms with Crippen LogP contribution in [0.1, 0.15) is 29.8 Å². The molecule has 0 fully saturated rings. The number of benzene rings is 2. The minimum atomic E-state index is -0.175. The largest absolute Gasteiger partial charge is 0.325 e. The highest BCUT2D eigenvalue weighted by Crippen LogP contribution is 2.16. The van der Waals surface area contributed by atoms with Gasteiger partial charge in [0.25, 0.3) is 0 Å². The second-order valence-corrected chi connectivity index (χ2v) is 6.79. The van der Waals surface area contributed by atoms with Crippen molar-refractivity contribution >= 4 is 35.2 Å². The third kappa shape index (κ3) is 5.70. The predicted molar refractivity (Wildman–Crippen MR) is 102 cm³/mol. The van der Waals surface area contributed by atoms with E-state index in [0.717, 1.165) is 11.3 Å². The number of thioether (sulfide) groups is 1. The molecule has 0 aliphatic rings. The summed E-state index contributed by atoms with van der Waals surface area (Å²) in [6.07, 6.45) is 4.11. The van der Waals surface area contributed by atoms with Crippen molar-refractivity contribution in [2.45, 2.75) is 19.1 Å². The van der Waals surface area contributed by atoms with Crippen LogP contribution in [0, 0.1) is 0 Å². The van der Waals surface area contributed by atoms with Gasteiger partial charge in [-0.1, -0.05) is 54.6 Å². The van der Waals surface area contributed by atoms with Crippen molar-refractivity contribution < 1.29 is 9.59 Å². The Bertz CT molecular complexity index is 725. The van der Waals surface area contributed by atoms with Gasteiger partial charge < -0.3 is 5.32 Å². The van der Waals surface area contributed by atoms with Gasteiger partial charge in [0.15, 0.2) is 5.78 Å². The summed E-state index contributed by atoms with van der Waals surface area (Å²) in [6, 6.07) is 17.1. The molecule has 0 bridgehead atoms. The summed E-state index contributed by atoms with van der Waals surface area (Å²) in [5, 5.41) is 2.68. The molecular formula is C20H21NO2S. The molecule has 124 valence electrons. The highest BCUT2D eigenvalue weighted by Gasteiger charge is 2.13. The molecule has 1 amide bonds. The number of amides is 1. The normalized spacial score (nSPS) is 12.1. The SMILES string of the molecule is CC(=O)c1cccc(NC(=O)C(C)SC/C=C/c2ccccc2)c1. The Balaban J connectivity index is 1.83. The number of hydrogen-bond acceptors (Lipinski definition) is 3. The van der Waals surface area contributed by atoms with Gasteiger partial charge >= 0.3 is 0 Å². The van der Waals surface area contributed by atoms with Crippen molar-refractivity contribution in [3.05, 3.63) is 71.8 Å². The molecule has 0 aliphatic heterocycles. The van der Waals surface area contributed by atoms with Gasteiger partial charge in [-0.05, 0) is 31.5 Å². The van der Waals surface area contributed by atoms with E-state index in [4.69, 9.17) is 0 Å². The van der Waals surface area contributed by atoms with E-state index in [1.54, 1.807) is 36.0 Å². The van der Waals surface area contributed by atoms with E-state index in [1.165, 1.54) is 6.92 Å². The molecule has 0 spiro atoms. The van der Waals surface area contributed by atoms with Crippen molar-refractivity contribution in [2.24, 2.45) is 0 Å². The topological polar surface area (TPSA) is 46.2 Å². The van der Waals surface area contributed by atoms with Crippen molar-refractivity contribution in [1.82, 2.24) is 0 Å². The van der Waals surface area contributed by atoms with Gasteiger partial charge in [0.05, 0.1) is 5.25 Å². The van der Waals surface area contributed by atoms with E-state index in [1.807, 2.05) is 43.3 Å². The van der Waals surface area contributed by atoms with E-state index in [0.29, 0.717) is 11.3 Å². The maximum Gasteiger partial charge on any atom is 0.237 e. The smallest absolute Gasteiger partial charge is 0.237 e. The molecule has 0 heterocycles. The molecule has 0 radical (unpaired) electrons. The van der Waals surface area contributed by atoms with Crippen molar-refractivity contribution in [3.63, 3.8) is 0 Å². The third-order valence-electron chi connectivity index (χ3n) is 3.46. The molecule has 4 heteroatoms. The fraction of sp³-hybridized carbons (Fsp3) is 0.200. The van der Waals surface area contributed by atoms with Gasteiger partial charge in [0.1, 0.15) is 0 Å². The Kier molecular flexibility index (Phi) is 6.82. The van der Waals surface area contributed by atoms with E-state index in [-0.39, 0.29) is 16.9 Å². The Morgan fingerprint density at radius 3 is 2.58 bits per heavy atom. The molecule has 2 aromatic rings. The molecular weight excluding hydrogens is 318 g/mol. The third-order valence-corrected chi connectivity index (χ3v) is 4.56. The quantitative estimate of drug-likeness (QED) is 0.746. The highest BCUT2D eigenvalue weighted by atomic mass is 32.2. The zero-order valence-corrected chi connectivity index (χ0v) is 14.7. The number of Topliss-reactive ketones (excluding diaryl/α,β-unsaturated/α-hetero) is 1. The lowest BCUT2D eigenvalue weighted by atomic mass is 10.1. The fourth-order valence-corrected chi connectivity index (χ4v) is 2.79. The van der Waals surface area contributed by atoms with Crippen LogP contribution in [0.4, 0.5) is 5.69 Å². The van der Waals surface area contributed by atoms with Gasteiger partial charge in [-0.25, -0.2) is 0 Å². The van der Waals surface area contributed by atoms with Crippen LogP contribution in [0.3, 0.4) is 0 Å². The molecule has 2 rings (SSSR count). The van der Waals surface area contributed by atoms with E-state index in [9.17, 15) is 9.59 Å². The molecule has 0 aromatic heterocycles. The number of ketones is 1. The summed E-state index contributed by atoms with van der Waals surface area (Å²) in [6.45, 7) is 3.39. The zero-order chi connectivity index (χ0) is 17.4. The first-order valence-corrected chi connectivity index (χ1v) is 8.86. The Hall–Kier alpha value is -2.33. The minimum Gasteiger partial charge on any atom is -0.325 e. The Morgan fingerprint density at radius 1 is 1.12 bits per heavy atom. The average Bonchev–Trinajstić information content (AvgIpc) is 2.59. The standard InChI is InChI=1S/C20H21NO2S/c1-15(22)18-11-6-12-19(14-18)21-20(23)16(2)24-13-7-10-17-8-4-3-5-9-17/h3-12,14,16H,13H2,1-2H3,(H,21,23)/b10-7+. The molecule has 24 heavy (non-hydrogen) atoms. The van der Waals surface area contributed by atoms with Gasteiger partial charge in [0, 0.05) is 17.0 Å². The number of nitrogens with one attached hydrogen (secondary N) is 1. The van der Waals surface area contributed by atoms with Crippen LogP contribution in [0.5, 0.6) is 0 Å². The number of carbonyl (C=O) groups excluding carboxylic acids is 2. The summed E-state index contributed by atoms with van der Waals surface area (Å²) in [5.41, 5.74) is 2.40. The summed E-state index contributed by atoms with van der Waals surface area (Å²) in [4.78, 5) is 23.6. The fourth-order valence-electron chi connectivity index (χ4n) is 2.08. The van der Waals surface area contributed by atoms with Crippen molar-refractivity contribution in [1.29, 1.82) is 0 Å². The lowest BCUT2D eigenvalue weighted by molar-refractivity contribution is -0.115. The van der Waals surface area contributed by atoms with Crippen LogP contribution in [0.25, 0.3) is 6.08 Å². The second kappa shape index (κ2) is 9.08. The van der Waals surface area contributed by atoms with Crippen LogP contribution < -0.4 is 5.32 Å². The van der Waals surface area contributed by atoms with Crippen LogP contribution in [-0.4, -0.2) is 22.7 Å². The van der Waals surface area contributed by atoms with E-state index < -0.39 is 0 Å². The summed E-state index contributed by atoms with van der Waals surface area (Å²) in [5.74, 6) is 0.685. The molecule has 1 N–H and O–H groups in total. The Morgan fingerprint density at radius 2 is 1.88 bits per heavy atom. The second-order valence-electron chi connectivity index (χ2n) is 5.41. The number of hydrogen-bond donors (Lipinski definition) is 1. The molecule has 1 atom stereocenters. The average molecular weight is 339 g/mol. The molecule has 0 saturated heterocycles. The number of rotatable bonds is 7. The lowest BCUT2D eigenvalue weighted by Crippen LogP contribution is -2.22. The molecule has 3 nitrogen and oxygen atoms in total. The van der Waals surface area contributed by atoms with Crippen molar-refractivity contribution in [3.8, 4) is 0 Å². The summed E-state index contributed by atoms with van der Waals surface area (Å²) in [7, 11) is 0. The van der Waals surface area contributed by atoms with Crippen LogP contribution in [-0.2, 0) is 4.79 Å². The maximum atomic E-state index is 12.2. The molecule has 2 aromatic carbocycles.